The zero-order valence-corrected chi connectivity index (χ0v) is 15.8. The normalized spacial score (nSPS) is 38.5. The van der Waals surface area contributed by atoms with Crippen LogP contribution in [0.1, 0.15) is 58.8 Å². The highest BCUT2D eigenvalue weighted by Gasteiger charge is 2.42. The van der Waals surface area contributed by atoms with E-state index in [0.717, 1.165) is 45.1 Å². The van der Waals surface area contributed by atoms with Gasteiger partial charge in [0, 0.05) is 17.3 Å². The van der Waals surface area contributed by atoms with Gasteiger partial charge in [0.2, 0.25) is 0 Å². The van der Waals surface area contributed by atoms with E-state index >= 15 is 0 Å². The van der Waals surface area contributed by atoms with E-state index in [0.29, 0.717) is 18.3 Å². The van der Waals surface area contributed by atoms with E-state index in [4.69, 9.17) is 17.3 Å². The Bertz CT molecular complexity index is 374. The molecule has 0 radical (unpaired) electrons. The SMILES string of the molecule is CCC(CC(N)NC(C)O)C1CCCNC1C1CC(Cl)CCC1F. The Morgan fingerprint density at radius 1 is 1.38 bits per heavy atom. The minimum absolute atomic E-state index is 0.0153. The monoisotopic (exact) mass is 363 g/mol. The molecule has 6 heteroatoms. The second-order valence-corrected chi connectivity index (χ2v) is 8.35. The lowest BCUT2D eigenvalue weighted by Crippen LogP contribution is -2.54. The van der Waals surface area contributed by atoms with Gasteiger partial charge in [-0.25, -0.2) is 4.39 Å². The summed E-state index contributed by atoms with van der Waals surface area (Å²) in [4.78, 5) is 0. The van der Waals surface area contributed by atoms with Crippen molar-refractivity contribution in [3.8, 4) is 0 Å². The Morgan fingerprint density at radius 3 is 2.79 bits per heavy atom. The first kappa shape index (κ1) is 20.4. The molecule has 8 atom stereocenters. The number of alkyl halides is 2. The Balaban J connectivity index is 2.05. The molecule has 142 valence electrons. The van der Waals surface area contributed by atoms with Gasteiger partial charge >= 0.3 is 0 Å². The van der Waals surface area contributed by atoms with Crippen LogP contribution in [0.15, 0.2) is 0 Å². The number of aliphatic hydroxyl groups is 1. The van der Waals surface area contributed by atoms with Crippen molar-refractivity contribution in [3.63, 3.8) is 0 Å². The quantitative estimate of drug-likeness (QED) is 0.414. The van der Waals surface area contributed by atoms with Gasteiger partial charge in [0.15, 0.2) is 0 Å². The van der Waals surface area contributed by atoms with Gasteiger partial charge < -0.3 is 16.2 Å². The molecular formula is C18H35ClFN3O. The maximum absolute atomic E-state index is 14.6. The van der Waals surface area contributed by atoms with Crippen LogP contribution < -0.4 is 16.4 Å². The van der Waals surface area contributed by atoms with Gasteiger partial charge in [0.1, 0.15) is 12.4 Å². The molecule has 0 aromatic carbocycles. The zero-order valence-electron chi connectivity index (χ0n) is 15.1. The van der Waals surface area contributed by atoms with Crippen LogP contribution in [-0.2, 0) is 0 Å². The van der Waals surface area contributed by atoms with Crippen LogP contribution in [0.3, 0.4) is 0 Å². The molecule has 0 aromatic heterocycles. The summed E-state index contributed by atoms with van der Waals surface area (Å²) in [5.74, 6) is 0.865. The third-order valence-electron chi connectivity index (χ3n) is 5.91. The van der Waals surface area contributed by atoms with Crippen LogP contribution in [0.2, 0.25) is 0 Å². The van der Waals surface area contributed by atoms with E-state index < -0.39 is 12.4 Å². The summed E-state index contributed by atoms with van der Waals surface area (Å²) >= 11 is 6.35. The van der Waals surface area contributed by atoms with E-state index in [2.05, 4.69) is 17.6 Å². The third-order valence-corrected chi connectivity index (χ3v) is 6.30. The summed E-state index contributed by atoms with van der Waals surface area (Å²) in [6, 6.07) is 0.194. The highest BCUT2D eigenvalue weighted by molar-refractivity contribution is 6.20. The number of nitrogens with one attached hydrogen (secondary N) is 2. The summed E-state index contributed by atoms with van der Waals surface area (Å²) < 4.78 is 14.6. The Labute approximate surface area is 151 Å². The second-order valence-electron chi connectivity index (χ2n) is 7.73. The van der Waals surface area contributed by atoms with E-state index in [1.54, 1.807) is 6.92 Å². The van der Waals surface area contributed by atoms with Crippen molar-refractivity contribution in [2.24, 2.45) is 23.5 Å². The topological polar surface area (TPSA) is 70.3 Å². The maximum atomic E-state index is 14.6. The predicted octanol–water partition coefficient (Wildman–Crippen LogP) is 2.73. The number of piperidine rings is 1. The van der Waals surface area contributed by atoms with Gasteiger partial charge in [0.05, 0.1) is 6.17 Å². The van der Waals surface area contributed by atoms with E-state index in [9.17, 15) is 9.50 Å². The van der Waals surface area contributed by atoms with Crippen molar-refractivity contribution in [3.05, 3.63) is 0 Å². The molecule has 2 aliphatic rings. The minimum Gasteiger partial charge on any atom is -0.379 e. The molecule has 1 saturated heterocycles. The first-order valence-electron chi connectivity index (χ1n) is 9.63. The number of halogens is 2. The van der Waals surface area contributed by atoms with Gasteiger partial charge in [-0.3, -0.25) is 5.32 Å². The maximum Gasteiger partial charge on any atom is 0.105 e. The van der Waals surface area contributed by atoms with Gasteiger partial charge in [-0.2, -0.15) is 0 Å². The first-order chi connectivity index (χ1) is 11.4. The largest absolute Gasteiger partial charge is 0.379 e. The standard InChI is InChI=1S/C18H35ClFN3O/c1-3-12(9-17(21)23-11(2)24)14-5-4-8-22-18(14)15-10-13(19)6-7-16(15)20/h11-18,22-24H,3-10,21H2,1-2H3. The molecule has 0 aromatic rings. The molecule has 0 bridgehead atoms. The number of hydrogen-bond acceptors (Lipinski definition) is 4. The van der Waals surface area contributed by atoms with Crippen molar-refractivity contribution in [2.45, 2.75) is 88.8 Å². The molecule has 1 aliphatic heterocycles. The van der Waals surface area contributed by atoms with Crippen LogP contribution in [0.25, 0.3) is 0 Å². The van der Waals surface area contributed by atoms with Gasteiger partial charge in [-0.05, 0) is 63.8 Å². The number of rotatable bonds is 7. The van der Waals surface area contributed by atoms with Crippen LogP contribution in [0.5, 0.6) is 0 Å². The summed E-state index contributed by atoms with van der Waals surface area (Å²) in [7, 11) is 0. The first-order valence-corrected chi connectivity index (χ1v) is 10.1. The van der Waals surface area contributed by atoms with Crippen LogP contribution in [0, 0.1) is 17.8 Å². The van der Waals surface area contributed by atoms with Gasteiger partial charge in [0.25, 0.3) is 0 Å². The molecule has 2 rings (SSSR count). The Kier molecular flexibility index (Phi) is 8.21. The van der Waals surface area contributed by atoms with E-state index in [1.807, 2.05) is 0 Å². The third kappa shape index (κ3) is 5.53. The lowest BCUT2D eigenvalue weighted by molar-refractivity contribution is 0.0574. The fraction of sp³-hybridized carbons (Fsp3) is 1.00. The second kappa shape index (κ2) is 9.67. The molecule has 1 saturated carbocycles. The molecule has 0 amide bonds. The molecule has 24 heavy (non-hydrogen) atoms. The van der Waals surface area contributed by atoms with Crippen molar-refractivity contribution in [1.29, 1.82) is 0 Å². The molecular weight excluding hydrogens is 329 g/mol. The fourth-order valence-electron chi connectivity index (χ4n) is 4.77. The number of aliphatic hydroxyl groups excluding tert-OH is 1. The molecule has 8 unspecified atom stereocenters. The highest BCUT2D eigenvalue weighted by Crippen LogP contribution is 2.40. The van der Waals surface area contributed by atoms with Gasteiger partial charge in [-0.15, -0.1) is 11.6 Å². The van der Waals surface area contributed by atoms with Crippen LogP contribution in [-0.4, -0.2) is 41.6 Å². The minimum atomic E-state index is -0.750. The fourth-order valence-corrected chi connectivity index (χ4v) is 5.10. The van der Waals surface area contributed by atoms with Crippen LogP contribution >= 0.6 is 11.6 Å². The predicted molar refractivity (Wildman–Crippen MR) is 97.6 cm³/mol. The van der Waals surface area contributed by atoms with Crippen molar-refractivity contribution < 1.29 is 9.50 Å². The lowest BCUT2D eigenvalue weighted by Gasteiger charge is -2.45. The van der Waals surface area contributed by atoms with Crippen LogP contribution in [0.4, 0.5) is 4.39 Å². The average Bonchev–Trinajstić information content (AvgIpc) is 2.54. The molecule has 0 spiro atoms. The molecule has 1 aliphatic carbocycles. The number of nitrogens with two attached hydrogens (primary N) is 1. The lowest BCUT2D eigenvalue weighted by atomic mass is 9.69. The summed E-state index contributed by atoms with van der Waals surface area (Å²) in [5.41, 5.74) is 6.14. The van der Waals surface area contributed by atoms with Crippen molar-refractivity contribution >= 4 is 11.6 Å². The number of hydrogen-bond donors (Lipinski definition) is 4. The molecule has 1 heterocycles. The Morgan fingerprint density at radius 2 is 2.12 bits per heavy atom. The Hall–Kier alpha value is 0.0600. The zero-order chi connectivity index (χ0) is 17.7. The summed E-state index contributed by atoms with van der Waals surface area (Å²) in [6.45, 7) is 4.83. The molecule has 2 fully saturated rings. The van der Waals surface area contributed by atoms with E-state index in [1.165, 1.54) is 0 Å². The summed E-state index contributed by atoms with van der Waals surface area (Å²) in [5, 5.41) is 16.2. The average molecular weight is 364 g/mol. The summed E-state index contributed by atoms with van der Waals surface area (Å²) in [6.07, 6.45) is 4.63. The van der Waals surface area contributed by atoms with Crippen molar-refractivity contribution in [1.82, 2.24) is 10.6 Å². The van der Waals surface area contributed by atoms with Gasteiger partial charge in [-0.1, -0.05) is 13.3 Å². The smallest absolute Gasteiger partial charge is 0.105 e. The highest BCUT2D eigenvalue weighted by atomic mass is 35.5. The van der Waals surface area contributed by atoms with Crippen molar-refractivity contribution in [2.75, 3.05) is 6.54 Å². The molecule has 5 N–H and O–H groups in total. The molecule has 4 nitrogen and oxygen atoms in total. The van der Waals surface area contributed by atoms with E-state index in [-0.39, 0.29) is 23.5 Å².